The van der Waals surface area contributed by atoms with Crippen molar-refractivity contribution in [3.8, 4) is 11.3 Å². The maximum absolute atomic E-state index is 13.6. The van der Waals surface area contributed by atoms with Crippen molar-refractivity contribution < 1.29 is 14.3 Å². The molecule has 0 bridgehead atoms. The maximum Gasteiger partial charge on any atom is 0.341 e. The molecule has 2 aliphatic rings. The number of nitrogens with zero attached hydrogens (tertiary/aromatic N) is 2. The van der Waals surface area contributed by atoms with Crippen LogP contribution in [0.2, 0.25) is 0 Å². The summed E-state index contributed by atoms with van der Waals surface area (Å²) in [4.78, 5) is 17.7. The van der Waals surface area contributed by atoms with Gasteiger partial charge < -0.3 is 10.0 Å². The molecule has 5 nitrogen and oxygen atoms in total. The molecule has 1 saturated heterocycles. The van der Waals surface area contributed by atoms with E-state index < -0.39 is 12.1 Å². The van der Waals surface area contributed by atoms with Gasteiger partial charge in [0.2, 0.25) is 0 Å². The fourth-order valence-electron chi connectivity index (χ4n) is 3.43. The van der Waals surface area contributed by atoms with Crippen molar-refractivity contribution in [3.63, 3.8) is 0 Å². The molecule has 1 aromatic heterocycles. The number of aromatic nitrogens is 1. The molecule has 2 atom stereocenters. The Morgan fingerprint density at radius 1 is 1.38 bits per heavy atom. The molecule has 0 saturated carbocycles. The van der Waals surface area contributed by atoms with E-state index in [1.807, 2.05) is 35.4 Å². The Morgan fingerprint density at radius 3 is 3.00 bits per heavy atom. The van der Waals surface area contributed by atoms with Gasteiger partial charge in [-0.05, 0) is 42.3 Å². The number of aliphatic carboxylic acids is 1. The van der Waals surface area contributed by atoms with Crippen LogP contribution in [0.3, 0.4) is 0 Å². The summed E-state index contributed by atoms with van der Waals surface area (Å²) in [6, 6.07) is 8.72. The zero-order valence-electron chi connectivity index (χ0n) is 14.2. The van der Waals surface area contributed by atoms with Crippen LogP contribution in [-0.4, -0.2) is 39.7 Å². The van der Waals surface area contributed by atoms with Gasteiger partial charge in [0.25, 0.3) is 0 Å². The largest absolute Gasteiger partial charge is 0.479 e. The van der Waals surface area contributed by atoms with Gasteiger partial charge in [-0.1, -0.05) is 18.2 Å². The summed E-state index contributed by atoms with van der Waals surface area (Å²) in [5, 5.41) is 12.4. The van der Waals surface area contributed by atoms with Crippen LogP contribution in [0.1, 0.15) is 11.1 Å². The molecule has 2 aromatic rings. The summed E-state index contributed by atoms with van der Waals surface area (Å²) >= 11 is 0. The van der Waals surface area contributed by atoms with Gasteiger partial charge in [-0.15, -0.1) is 0 Å². The van der Waals surface area contributed by atoms with E-state index in [9.17, 15) is 14.3 Å². The van der Waals surface area contributed by atoms with E-state index in [-0.39, 0.29) is 11.9 Å². The molecular formula is C20H18FN3O2. The van der Waals surface area contributed by atoms with Crippen LogP contribution in [0.15, 0.2) is 54.9 Å². The normalized spacial score (nSPS) is 21.5. The Morgan fingerprint density at radius 2 is 2.23 bits per heavy atom. The third-order valence-electron chi connectivity index (χ3n) is 4.77. The lowest BCUT2D eigenvalue weighted by molar-refractivity contribution is -0.142. The SMILES string of the molecule is Cc1cc(-c2ncccc2C2=CN3C(C=C2)CNC3C(=O)O)ccc1F. The highest BCUT2D eigenvalue weighted by Crippen LogP contribution is 2.32. The molecule has 132 valence electrons. The number of carboxylic acids is 1. The second kappa shape index (κ2) is 6.38. The Bertz CT molecular complexity index is 938. The number of halogens is 1. The minimum absolute atomic E-state index is 0.0213. The van der Waals surface area contributed by atoms with Crippen molar-refractivity contribution in [2.45, 2.75) is 19.1 Å². The molecular weight excluding hydrogens is 333 g/mol. The Balaban J connectivity index is 1.77. The molecule has 0 aliphatic carbocycles. The van der Waals surface area contributed by atoms with E-state index in [0.717, 1.165) is 22.4 Å². The second-order valence-electron chi connectivity index (χ2n) is 6.47. The average molecular weight is 351 g/mol. The fraction of sp³-hybridized carbons (Fsp3) is 0.200. The highest BCUT2D eigenvalue weighted by Gasteiger charge is 2.36. The number of benzene rings is 1. The number of hydrogen-bond acceptors (Lipinski definition) is 4. The molecule has 2 N–H and O–H groups in total. The molecule has 0 radical (unpaired) electrons. The van der Waals surface area contributed by atoms with E-state index in [1.54, 1.807) is 25.3 Å². The van der Waals surface area contributed by atoms with Crippen LogP contribution in [-0.2, 0) is 4.79 Å². The van der Waals surface area contributed by atoms with E-state index in [4.69, 9.17) is 0 Å². The Kier molecular flexibility index (Phi) is 4.05. The zero-order valence-corrected chi connectivity index (χ0v) is 14.2. The van der Waals surface area contributed by atoms with E-state index >= 15 is 0 Å². The minimum atomic E-state index is -0.904. The van der Waals surface area contributed by atoms with Crippen molar-refractivity contribution in [1.29, 1.82) is 0 Å². The second-order valence-corrected chi connectivity index (χ2v) is 6.47. The van der Waals surface area contributed by atoms with Crippen LogP contribution in [0, 0.1) is 12.7 Å². The summed E-state index contributed by atoms with van der Waals surface area (Å²) < 4.78 is 13.6. The van der Waals surface area contributed by atoms with Crippen LogP contribution >= 0.6 is 0 Å². The minimum Gasteiger partial charge on any atom is -0.479 e. The lowest BCUT2D eigenvalue weighted by Crippen LogP contribution is -2.42. The number of rotatable bonds is 3. The predicted molar refractivity (Wildman–Crippen MR) is 96.5 cm³/mol. The van der Waals surface area contributed by atoms with Gasteiger partial charge in [-0.3, -0.25) is 10.3 Å². The highest BCUT2D eigenvalue weighted by molar-refractivity contribution is 5.85. The molecule has 0 amide bonds. The van der Waals surface area contributed by atoms with Gasteiger partial charge in [-0.25, -0.2) is 9.18 Å². The number of carbonyl (C=O) groups is 1. The first kappa shape index (κ1) is 16.5. The highest BCUT2D eigenvalue weighted by atomic mass is 19.1. The lowest BCUT2D eigenvalue weighted by atomic mass is 9.96. The molecule has 3 heterocycles. The number of allylic oxidation sites excluding steroid dienone is 2. The van der Waals surface area contributed by atoms with Gasteiger partial charge in [0.05, 0.1) is 11.7 Å². The Labute approximate surface area is 150 Å². The van der Waals surface area contributed by atoms with Crippen LogP contribution in [0.5, 0.6) is 0 Å². The first-order valence-corrected chi connectivity index (χ1v) is 8.40. The quantitative estimate of drug-likeness (QED) is 0.890. The number of nitrogens with one attached hydrogen (secondary N) is 1. The molecule has 26 heavy (non-hydrogen) atoms. The Hall–Kier alpha value is -2.99. The molecule has 2 aliphatic heterocycles. The lowest BCUT2D eigenvalue weighted by Gasteiger charge is -2.28. The van der Waals surface area contributed by atoms with Gasteiger partial charge in [0.15, 0.2) is 6.17 Å². The monoisotopic (exact) mass is 351 g/mol. The molecule has 6 heteroatoms. The third kappa shape index (κ3) is 2.78. The van der Waals surface area contributed by atoms with Gasteiger partial charge in [0, 0.05) is 30.1 Å². The number of hydrogen-bond donors (Lipinski definition) is 2. The smallest absolute Gasteiger partial charge is 0.341 e. The molecule has 1 fully saturated rings. The van der Waals surface area contributed by atoms with Crippen molar-refractivity contribution in [1.82, 2.24) is 15.2 Å². The van der Waals surface area contributed by atoms with Crippen molar-refractivity contribution in [3.05, 3.63) is 71.8 Å². The van der Waals surface area contributed by atoms with E-state index in [1.165, 1.54) is 6.07 Å². The standard InChI is InChI=1S/C20H18FN3O2/c1-12-9-13(5-7-17(12)21)18-16(3-2-8-22-18)14-4-6-15-10-23-19(20(25)26)24(15)11-14/h2-9,11,15,19,23H,10H2,1H3,(H,25,26). The first-order valence-electron chi connectivity index (χ1n) is 8.40. The molecule has 0 spiro atoms. The number of carboxylic acid groups (broad SMARTS) is 1. The summed E-state index contributed by atoms with van der Waals surface area (Å²) in [5.41, 5.74) is 3.88. The summed E-state index contributed by atoms with van der Waals surface area (Å²) in [6.07, 6.45) is 6.81. The summed E-state index contributed by atoms with van der Waals surface area (Å²) in [5.74, 6) is -1.16. The average Bonchev–Trinajstić information content (AvgIpc) is 3.07. The van der Waals surface area contributed by atoms with Crippen LogP contribution in [0.25, 0.3) is 16.8 Å². The summed E-state index contributed by atoms with van der Waals surface area (Å²) in [6.45, 7) is 2.31. The molecule has 2 unspecified atom stereocenters. The van der Waals surface area contributed by atoms with Gasteiger partial charge in [-0.2, -0.15) is 0 Å². The first-order chi connectivity index (χ1) is 12.5. The van der Waals surface area contributed by atoms with E-state index in [0.29, 0.717) is 12.1 Å². The van der Waals surface area contributed by atoms with E-state index in [2.05, 4.69) is 10.3 Å². The summed E-state index contributed by atoms with van der Waals surface area (Å²) in [7, 11) is 0. The molecule has 1 aromatic carbocycles. The van der Waals surface area contributed by atoms with Crippen molar-refractivity contribution in [2.75, 3.05) is 6.54 Å². The van der Waals surface area contributed by atoms with Gasteiger partial charge >= 0.3 is 5.97 Å². The number of fused-ring (bicyclic) bond motifs is 1. The van der Waals surface area contributed by atoms with Crippen molar-refractivity contribution in [2.24, 2.45) is 0 Å². The fourth-order valence-corrected chi connectivity index (χ4v) is 3.43. The molecule has 4 rings (SSSR count). The topological polar surface area (TPSA) is 65.5 Å². The van der Waals surface area contributed by atoms with Crippen molar-refractivity contribution >= 4 is 11.5 Å². The van der Waals surface area contributed by atoms with Gasteiger partial charge in [0.1, 0.15) is 5.82 Å². The third-order valence-corrected chi connectivity index (χ3v) is 4.77. The zero-order chi connectivity index (χ0) is 18.3. The number of aryl methyl sites for hydroxylation is 1. The predicted octanol–water partition coefficient (Wildman–Crippen LogP) is 2.79. The number of pyridine rings is 1. The van der Waals surface area contributed by atoms with Crippen LogP contribution in [0.4, 0.5) is 4.39 Å². The maximum atomic E-state index is 13.6. The van der Waals surface area contributed by atoms with Crippen LogP contribution < -0.4 is 5.32 Å².